The van der Waals surface area contributed by atoms with Crippen molar-refractivity contribution < 1.29 is 14.3 Å². The highest BCUT2D eigenvalue weighted by Crippen LogP contribution is 2.42. The monoisotopic (exact) mass is 297 g/mol. The number of fused-ring (bicyclic) bond motifs is 1. The lowest BCUT2D eigenvalue weighted by molar-refractivity contribution is -0.116. The van der Waals surface area contributed by atoms with Gasteiger partial charge >= 0.3 is 0 Å². The van der Waals surface area contributed by atoms with Gasteiger partial charge in [-0.1, -0.05) is 29.8 Å². The van der Waals surface area contributed by atoms with Crippen molar-refractivity contribution >= 4 is 11.6 Å². The lowest BCUT2D eigenvalue weighted by Crippen LogP contribution is -2.23. The Morgan fingerprint density at radius 2 is 1.68 bits per heavy atom. The lowest BCUT2D eigenvalue weighted by Gasteiger charge is -2.27. The number of hydrogen-bond donors (Lipinski definition) is 1. The summed E-state index contributed by atoms with van der Waals surface area (Å²) in [6, 6.07) is 12.1. The van der Waals surface area contributed by atoms with E-state index in [4.69, 9.17) is 9.47 Å². The van der Waals surface area contributed by atoms with Crippen LogP contribution >= 0.6 is 0 Å². The van der Waals surface area contributed by atoms with Gasteiger partial charge in [-0.2, -0.15) is 0 Å². The van der Waals surface area contributed by atoms with Gasteiger partial charge in [-0.3, -0.25) is 4.79 Å². The Morgan fingerprint density at radius 3 is 2.32 bits per heavy atom. The van der Waals surface area contributed by atoms with Crippen LogP contribution in [0.25, 0.3) is 0 Å². The Bertz CT molecular complexity index is 707. The van der Waals surface area contributed by atoms with Crippen LogP contribution in [-0.2, 0) is 4.79 Å². The number of carbonyl (C=O) groups excluding carboxylic acids is 1. The summed E-state index contributed by atoms with van der Waals surface area (Å²) in [6.07, 6.45) is 0.436. The average Bonchev–Trinajstić information content (AvgIpc) is 2.53. The van der Waals surface area contributed by atoms with E-state index in [-0.39, 0.29) is 11.8 Å². The number of anilines is 1. The third-order valence-electron chi connectivity index (χ3n) is 4.07. The van der Waals surface area contributed by atoms with Crippen molar-refractivity contribution in [3.63, 3.8) is 0 Å². The van der Waals surface area contributed by atoms with Gasteiger partial charge in [-0.15, -0.1) is 0 Å². The molecule has 0 aromatic heterocycles. The fourth-order valence-corrected chi connectivity index (χ4v) is 2.88. The molecular weight excluding hydrogens is 278 g/mol. The number of nitrogens with one attached hydrogen (secondary N) is 1. The molecular formula is C18H19NO3. The van der Waals surface area contributed by atoms with Crippen LogP contribution in [0.3, 0.4) is 0 Å². The number of carbonyl (C=O) groups is 1. The Kier molecular flexibility index (Phi) is 3.75. The van der Waals surface area contributed by atoms with Crippen LogP contribution in [0.4, 0.5) is 5.69 Å². The van der Waals surface area contributed by atoms with Crippen molar-refractivity contribution in [1.29, 1.82) is 0 Å². The fraction of sp³-hybridized carbons (Fsp3) is 0.278. The zero-order chi connectivity index (χ0) is 15.7. The van der Waals surface area contributed by atoms with E-state index >= 15 is 0 Å². The minimum absolute atomic E-state index is 0.0188. The third kappa shape index (κ3) is 2.52. The number of hydrogen-bond acceptors (Lipinski definition) is 3. The molecule has 4 heteroatoms. The Labute approximate surface area is 130 Å². The highest BCUT2D eigenvalue weighted by Gasteiger charge is 2.28. The van der Waals surface area contributed by atoms with Gasteiger partial charge in [0.25, 0.3) is 0 Å². The van der Waals surface area contributed by atoms with Crippen LogP contribution < -0.4 is 14.8 Å². The van der Waals surface area contributed by atoms with Crippen molar-refractivity contribution in [2.24, 2.45) is 0 Å². The molecule has 2 aromatic rings. The number of benzene rings is 2. The highest BCUT2D eigenvalue weighted by atomic mass is 16.5. The first-order valence-electron chi connectivity index (χ1n) is 7.24. The Morgan fingerprint density at radius 1 is 1.05 bits per heavy atom. The summed E-state index contributed by atoms with van der Waals surface area (Å²) in [7, 11) is 3.21. The van der Waals surface area contributed by atoms with E-state index < -0.39 is 0 Å². The topological polar surface area (TPSA) is 47.6 Å². The van der Waals surface area contributed by atoms with Crippen LogP contribution in [0.1, 0.15) is 29.0 Å². The summed E-state index contributed by atoms with van der Waals surface area (Å²) in [4.78, 5) is 12.0. The van der Waals surface area contributed by atoms with E-state index in [0.29, 0.717) is 17.9 Å². The zero-order valence-electron chi connectivity index (χ0n) is 13.0. The second-order valence-electron chi connectivity index (χ2n) is 5.51. The first-order chi connectivity index (χ1) is 10.6. The summed E-state index contributed by atoms with van der Waals surface area (Å²) in [5.41, 5.74) is 4.19. The van der Waals surface area contributed by atoms with Gasteiger partial charge in [-0.05, 0) is 24.1 Å². The largest absolute Gasteiger partial charge is 0.493 e. The van der Waals surface area contributed by atoms with Crippen LogP contribution in [0.15, 0.2) is 36.4 Å². The van der Waals surface area contributed by atoms with Gasteiger partial charge < -0.3 is 14.8 Å². The number of aryl methyl sites for hydroxylation is 1. The molecule has 0 saturated carbocycles. The molecule has 0 saturated heterocycles. The number of rotatable bonds is 3. The van der Waals surface area contributed by atoms with Gasteiger partial charge in [0.1, 0.15) is 0 Å². The Balaban J connectivity index is 2.11. The normalized spacial score (nSPS) is 16.7. The van der Waals surface area contributed by atoms with E-state index in [1.807, 2.05) is 12.1 Å². The molecule has 1 aliphatic heterocycles. The zero-order valence-corrected chi connectivity index (χ0v) is 13.0. The molecule has 0 fully saturated rings. The fourth-order valence-electron chi connectivity index (χ4n) is 2.88. The number of amides is 1. The summed E-state index contributed by atoms with van der Waals surface area (Å²) >= 11 is 0. The van der Waals surface area contributed by atoms with Crippen LogP contribution in [0.5, 0.6) is 11.5 Å². The molecule has 114 valence electrons. The molecule has 1 aliphatic rings. The molecule has 1 amide bonds. The second kappa shape index (κ2) is 5.72. The maximum absolute atomic E-state index is 12.0. The summed E-state index contributed by atoms with van der Waals surface area (Å²) in [5, 5.41) is 2.92. The molecule has 0 bridgehead atoms. The van der Waals surface area contributed by atoms with Crippen molar-refractivity contribution in [2.45, 2.75) is 19.3 Å². The van der Waals surface area contributed by atoms with Gasteiger partial charge in [0.2, 0.25) is 5.91 Å². The van der Waals surface area contributed by atoms with Gasteiger partial charge in [0.05, 0.1) is 14.2 Å². The van der Waals surface area contributed by atoms with Gasteiger partial charge in [-0.25, -0.2) is 0 Å². The minimum Gasteiger partial charge on any atom is -0.493 e. The van der Waals surface area contributed by atoms with E-state index in [9.17, 15) is 4.79 Å². The third-order valence-corrected chi connectivity index (χ3v) is 4.07. The molecule has 1 N–H and O–H groups in total. The van der Waals surface area contributed by atoms with Crippen molar-refractivity contribution in [1.82, 2.24) is 0 Å². The molecule has 1 heterocycles. The summed E-state index contributed by atoms with van der Waals surface area (Å²) in [5.74, 6) is 1.34. The second-order valence-corrected chi connectivity index (χ2v) is 5.51. The SMILES string of the molecule is COc1cc2c(cc1OC)C(c1ccc(C)cc1)CC(=O)N2. The van der Waals surface area contributed by atoms with E-state index in [0.717, 1.165) is 16.8 Å². The van der Waals surface area contributed by atoms with Crippen LogP contribution in [-0.4, -0.2) is 20.1 Å². The molecule has 1 atom stereocenters. The van der Waals surface area contributed by atoms with Crippen molar-refractivity contribution in [3.05, 3.63) is 53.1 Å². The van der Waals surface area contributed by atoms with Crippen LogP contribution in [0, 0.1) is 6.92 Å². The maximum Gasteiger partial charge on any atom is 0.225 e. The van der Waals surface area contributed by atoms with Gasteiger partial charge in [0, 0.05) is 24.1 Å². The maximum atomic E-state index is 12.0. The predicted octanol–water partition coefficient (Wildman–Crippen LogP) is 3.49. The smallest absolute Gasteiger partial charge is 0.225 e. The molecule has 0 spiro atoms. The molecule has 0 radical (unpaired) electrons. The first-order valence-corrected chi connectivity index (χ1v) is 7.24. The van der Waals surface area contributed by atoms with Crippen LogP contribution in [0.2, 0.25) is 0 Å². The first kappa shape index (κ1) is 14.4. The number of ether oxygens (including phenoxy) is 2. The van der Waals surface area contributed by atoms with Gasteiger partial charge in [0.15, 0.2) is 11.5 Å². The van der Waals surface area contributed by atoms with Crippen molar-refractivity contribution in [3.8, 4) is 11.5 Å². The standard InChI is InChI=1S/C18H19NO3/c1-11-4-6-12(7-5-11)13-9-18(20)19-15-10-17(22-3)16(21-2)8-14(13)15/h4-8,10,13H,9H2,1-3H3,(H,19,20). The van der Waals surface area contributed by atoms with E-state index in [1.165, 1.54) is 5.56 Å². The molecule has 1 unspecified atom stereocenters. The quantitative estimate of drug-likeness (QED) is 0.943. The van der Waals surface area contributed by atoms with Crippen molar-refractivity contribution in [2.75, 3.05) is 19.5 Å². The molecule has 4 nitrogen and oxygen atoms in total. The Hall–Kier alpha value is -2.49. The molecule has 2 aromatic carbocycles. The molecule has 3 rings (SSSR count). The lowest BCUT2D eigenvalue weighted by atomic mass is 9.84. The predicted molar refractivity (Wildman–Crippen MR) is 85.8 cm³/mol. The minimum atomic E-state index is 0.0188. The summed E-state index contributed by atoms with van der Waals surface area (Å²) in [6.45, 7) is 2.05. The highest BCUT2D eigenvalue weighted by molar-refractivity contribution is 5.96. The van der Waals surface area contributed by atoms with E-state index in [2.05, 4.69) is 36.5 Å². The number of methoxy groups -OCH3 is 2. The summed E-state index contributed by atoms with van der Waals surface area (Å²) < 4.78 is 10.7. The molecule has 22 heavy (non-hydrogen) atoms. The average molecular weight is 297 g/mol. The van der Waals surface area contributed by atoms with E-state index in [1.54, 1.807) is 14.2 Å². The molecule has 0 aliphatic carbocycles.